The smallest absolute Gasteiger partial charge is 0.303 e. The second kappa shape index (κ2) is 16.2. The molecule has 0 saturated carbocycles. The second-order valence-electron chi connectivity index (χ2n) is 10.6. The highest BCUT2D eigenvalue weighted by molar-refractivity contribution is 5.75. The van der Waals surface area contributed by atoms with E-state index in [1.54, 1.807) is 0 Å². The zero-order chi connectivity index (χ0) is 29.5. The molecule has 0 heterocycles. The topological polar surface area (TPSA) is 75.6 Å². The van der Waals surface area contributed by atoms with Crippen molar-refractivity contribution in [1.29, 1.82) is 0 Å². The third-order valence-corrected chi connectivity index (χ3v) is 7.61. The predicted octanol–water partition coefficient (Wildman–Crippen LogP) is 7.77. The van der Waals surface area contributed by atoms with E-state index in [9.17, 15) is 9.59 Å². The van der Waals surface area contributed by atoms with Gasteiger partial charge in [0.2, 0.25) is 5.91 Å². The van der Waals surface area contributed by atoms with Crippen LogP contribution in [0.15, 0.2) is 115 Å². The highest BCUT2D eigenvalue weighted by Crippen LogP contribution is 2.45. The Labute approximate surface area is 249 Å². The summed E-state index contributed by atoms with van der Waals surface area (Å²) in [7, 11) is 0. The third kappa shape index (κ3) is 8.32. The number of unbranched alkanes of at least 4 members (excludes halogenated alkanes) is 4. The average Bonchev–Trinajstić information content (AvgIpc) is 3.03. The molecule has 0 aliphatic heterocycles. The van der Waals surface area contributed by atoms with Crippen LogP contribution in [0, 0.1) is 0 Å². The molecule has 4 aromatic carbocycles. The molecule has 0 aliphatic carbocycles. The van der Waals surface area contributed by atoms with Crippen molar-refractivity contribution in [3.05, 3.63) is 138 Å². The summed E-state index contributed by atoms with van der Waals surface area (Å²) >= 11 is 0. The lowest BCUT2D eigenvalue weighted by atomic mass is 9.65. The highest BCUT2D eigenvalue weighted by atomic mass is 16.5. The fraction of sp³-hybridized carbons (Fsp3) is 0.297. The number of benzene rings is 4. The number of amides is 1. The number of aliphatic carboxylic acids is 1. The molecule has 0 spiro atoms. The molecule has 4 rings (SSSR count). The van der Waals surface area contributed by atoms with Crippen molar-refractivity contribution in [2.45, 2.75) is 56.8 Å². The quantitative estimate of drug-likeness (QED) is 0.102. The largest absolute Gasteiger partial charge is 0.494 e. The normalized spacial score (nSPS) is 11.1. The minimum atomic E-state index is -0.812. The van der Waals surface area contributed by atoms with Crippen LogP contribution in [0.2, 0.25) is 0 Å². The van der Waals surface area contributed by atoms with E-state index in [-0.39, 0.29) is 12.3 Å². The highest BCUT2D eigenvalue weighted by Gasteiger charge is 2.38. The Kier molecular flexibility index (Phi) is 11.8. The van der Waals surface area contributed by atoms with Crippen molar-refractivity contribution in [1.82, 2.24) is 5.32 Å². The van der Waals surface area contributed by atoms with E-state index in [1.165, 1.54) is 22.3 Å². The lowest BCUT2D eigenvalue weighted by molar-refractivity contribution is -0.137. The number of carboxylic acid groups (broad SMARTS) is 1. The molecule has 0 atom stereocenters. The Morgan fingerprint density at radius 1 is 0.571 bits per heavy atom. The Balaban J connectivity index is 1.32. The summed E-state index contributed by atoms with van der Waals surface area (Å²) in [5.41, 5.74) is 4.36. The number of hydrogen-bond acceptors (Lipinski definition) is 3. The molecule has 0 radical (unpaired) electrons. The van der Waals surface area contributed by atoms with Crippen LogP contribution in [0.5, 0.6) is 5.75 Å². The Bertz CT molecular complexity index is 1260. The van der Waals surface area contributed by atoms with E-state index in [0.717, 1.165) is 31.4 Å². The second-order valence-corrected chi connectivity index (χ2v) is 10.6. The van der Waals surface area contributed by atoms with Crippen molar-refractivity contribution in [2.75, 3.05) is 13.2 Å². The molecule has 0 fully saturated rings. The van der Waals surface area contributed by atoms with Gasteiger partial charge in [0.05, 0.1) is 12.0 Å². The number of carbonyl (C=O) groups excluding carboxylic acids is 1. The fourth-order valence-electron chi connectivity index (χ4n) is 5.51. The van der Waals surface area contributed by atoms with E-state index < -0.39 is 11.4 Å². The average molecular weight is 564 g/mol. The van der Waals surface area contributed by atoms with Crippen molar-refractivity contribution in [3.8, 4) is 5.75 Å². The van der Waals surface area contributed by atoms with Gasteiger partial charge in [0, 0.05) is 19.4 Å². The standard InChI is InChI=1S/C37H41NO4/c39-35(22-12-13-23-36(40)41)38-28-14-1-2-15-29-42-34-26-24-33(25-27-34)37(30-16-6-3-7-17-30,31-18-8-4-9-19-31)32-20-10-5-11-21-32/h3-11,16-21,24-27H,1-2,12-15,22-23,28-29H2,(H,38,39)(H,40,41). The van der Waals surface area contributed by atoms with Gasteiger partial charge in [0.15, 0.2) is 0 Å². The van der Waals surface area contributed by atoms with E-state index in [4.69, 9.17) is 9.84 Å². The number of nitrogens with one attached hydrogen (secondary N) is 1. The van der Waals surface area contributed by atoms with E-state index in [1.807, 2.05) is 0 Å². The molecule has 5 nitrogen and oxygen atoms in total. The van der Waals surface area contributed by atoms with Crippen molar-refractivity contribution < 1.29 is 19.4 Å². The SMILES string of the molecule is O=C(O)CCCCC(=O)NCCCCCCOc1ccc(C(c2ccccc2)(c2ccccc2)c2ccccc2)cc1. The van der Waals surface area contributed by atoms with Gasteiger partial charge in [-0.1, -0.05) is 116 Å². The Hall–Kier alpha value is -4.38. The van der Waals surface area contributed by atoms with Crippen LogP contribution in [0.3, 0.4) is 0 Å². The van der Waals surface area contributed by atoms with Gasteiger partial charge in [-0.15, -0.1) is 0 Å². The van der Waals surface area contributed by atoms with Crippen molar-refractivity contribution in [2.24, 2.45) is 0 Å². The molecule has 0 bridgehead atoms. The molecule has 0 unspecified atom stereocenters. The predicted molar refractivity (Wildman–Crippen MR) is 168 cm³/mol. The van der Waals surface area contributed by atoms with Crippen LogP contribution in [-0.2, 0) is 15.0 Å². The minimum absolute atomic E-state index is 0.00276. The zero-order valence-corrected chi connectivity index (χ0v) is 24.2. The summed E-state index contributed by atoms with van der Waals surface area (Å²) in [5.74, 6) is 0.0487. The van der Waals surface area contributed by atoms with Crippen LogP contribution < -0.4 is 10.1 Å². The zero-order valence-electron chi connectivity index (χ0n) is 24.2. The maximum Gasteiger partial charge on any atom is 0.303 e. The molecule has 4 aromatic rings. The van der Waals surface area contributed by atoms with Crippen LogP contribution in [0.25, 0.3) is 0 Å². The number of carbonyl (C=O) groups is 2. The molecule has 42 heavy (non-hydrogen) atoms. The maximum absolute atomic E-state index is 11.8. The van der Waals surface area contributed by atoms with Crippen molar-refractivity contribution in [3.63, 3.8) is 0 Å². The number of ether oxygens (including phenoxy) is 1. The third-order valence-electron chi connectivity index (χ3n) is 7.61. The van der Waals surface area contributed by atoms with Gasteiger partial charge in [-0.05, 0) is 60.1 Å². The van der Waals surface area contributed by atoms with Crippen LogP contribution in [0.1, 0.15) is 73.6 Å². The van der Waals surface area contributed by atoms with Gasteiger partial charge in [0.1, 0.15) is 5.75 Å². The van der Waals surface area contributed by atoms with E-state index >= 15 is 0 Å². The summed E-state index contributed by atoms with van der Waals surface area (Å²) in [5, 5.41) is 11.6. The van der Waals surface area contributed by atoms with Gasteiger partial charge < -0.3 is 15.2 Å². The monoisotopic (exact) mass is 563 g/mol. The molecule has 1 amide bonds. The number of rotatable bonds is 17. The van der Waals surface area contributed by atoms with Gasteiger partial charge in [-0.2, -0.15) is 0 Å². The minimum Gasteiger partial charge on any atom is -0.494 e. The lowest BCUT2D eigenvalue weighted by Crippen LogP contribution is -2.30. The first-order valence-electron chi connectivity index (χ1n) is 15.0. The molecule has 0 saturated heterocycles. The summed E-state index contributed by atoms with van der Waals surface area (Å²) in [6.07, 6.45) is 5.60. The van der Waals surface area contributed by atoms with Gasteiger partial charge in [-0.3, -0.25) is 9.59 Å². The number of carboxylic acids is 1. The van der Waals surface area contributed by atoms with E-state index in [2.05, 4.69) is 121 Å². The molecular formula is C37H41NO4. The lowest BCUT2D eigenvalue weighted by Gasteiger charge is -2.36. The summed E-state index contributed by atoms with van der Waals surface area (Å²) in [6.45, 7) is 1.31. The molecule has 218 valence electrons. The van der Waals surface area contributed by atoms with Gasteiger partial charge in [-0.25, -0.2) is 0 Å². The number of hydrogen-bond donors (Lipinski definition) is 2. The molecule has 5 heteroatoms. The Morgan fingerprint density at radius 3 is 1.57 bits per heavy atom. The Morgan fingerprint density at radius 2 is 1.05 bits per heavy atom. The van der Waals surface area contributed by atoms with Gasteiger partial charge in [0.25, 0.3) is 0 Å². The summed E-state index contributed by atoms with van der Waals surface area (Å²) in [6, 6.07) is 40.6. The first kappa shape index (κ1) is 30.6. The fourth-order valence-corrected chi connectivity index (χ4v) is 5.51. The van der Waals surface area contributed by atoms with Crippen LogP contribution in [0.4, 0.5) is 0 Å². The molecular weight excluding hydrogens is 522 g/mol. The van der Waals surface area contributed by atoms with Gasteiger partial charge >= 0.3 is 5.97 Å². The first-order chi connectivity index (χ1) is 20.6. The van der Waals surface area contributed by atoms with Crippen LogP contribution >= 0.6 is 0 Å². The molecule has 2 N–H and O–H groups in total. The first-order valence-corrected chi connectivity index (χ1v) is 15.0. The molecule has 0 aliphatic rings. The van der Waals surface area contributed by atoms with E-state index in [0.29, 0.717) is 32.4 Å². The summed E-state index contributed by atoms with van der Waals surface area (Å²) in [4.78, 5) is 22.4. The van der Waals surface area contributed by atoms with Crippen LogP contribution in [-0.4, -0.2) is 30.1 Å². The summed E-state index contributed by atoms with van der Waals surface area (Å²) < 4.78 is 6.10. The molecule has 0 aromatic heterocycles. The van der Waals surface area contributed by atoms with Crippen molar-refractivity contribution >= 4 is 11.9 Å². The maximum atomic E-state index is 11.8.